The van der Waals surface area contributed by atoms with E-state index >= 15 is 0 Å². The van der Waals surface area contributed by atoms with Gasteiger partial charge in [-0.1, -0.05) is 63.5 Å². The predicted molar refractivity (Wildman–Crippen MR) is 103 cm³/mol. The molecule has 1 aromatic carbocycles. The minimum Gasteiger partial charge on any atom is -0.216 e. The Bertz CT molecular complexity index is 595. The van der Waals surface area contributed by atoms with Crippen LogP contribution >= 0.6 is 0 Å². The summed E-state index contributed by atoms with van der Waals surface area (Å²) < 4.78 is 25.5. The summed E-state index contributed by atoms with van der Waals surface area (Å²) in [6.45, 7) is 0. The Labute approximate surface area is 157 Å². The summed E-state index contributed by atoms with van der Waals surface area (Å²) in [5.41, 5.74) is 1.14. The lowest BCUT2D eigenvalue weighted by molar-refractivity contribution is 0.248. The normalized spacial score (nSPS) is 20.3. The molecule has 0 bridgehead atoms. The summed E-state index contributed by atoms with van der Waals surface area (Å²) in [7, 11) is 0. The minimum atomic E-state index is -0.394. The molecular formula is C23H31F2N. The monoisotopic (exact) mass is 359 g/mol. The molecule has 26 heavy (non-hydrogen) atoms. The third kappa shape index (κ3) is 7.28. The zero-order valence-corrected chi connectivity index (χ0v) is 15.7. The molecule has 0 spiro atoms. The highest BCUT2D eigenvalue weighted by molar-refractivity contribution is 5.33. The van der Waals surface area contributed by atoms with Gasteiger partial charge in [-0.3, -0.25) is 0 Å². The zero-order chi connectivity index (χ0) is 18.6. The van der Waals surface area contributed by atoms with Crippen LogP contribution in [0.2, 0.25) is 0 Å². The number of hydrogen-bond donors (Lipinski definition) is 0. The SMILES string of the molecule is N#Cc1ccc(CCC2CCC(CCCCCC/C=C/F)CC2)cc1F. The molecule has 0 unspecified atom stereocenters. The van der Waals surface area contributed by atoms with Gasteiger partial charge in [-0.15, -0.1) is 0 Å². The van der Waals surface area contributed by atoms with Gasteiger partial charge in [-0.05, 0) is 55.2 Å². The fourth-order valence-electron chi connectivity index (χ4n) is 4.10. The Balaban J connectivity index is 1.57. The second-order valence-electron chi connectivity index (χ2n) is 7.70. The Morgan fingerprint density at radius 1 is 1.00 bits per heavy atom. The molecule has 0 saturated heterocycles. The van der Waals surface area contributed by atoms with Crippen LogP contribution in [-0.2, 0) is 6.42 Å². The van der Waals surface area contributed by atoms with Gasteiger partial charge in [0.15, 0.2) is 0 Å². The van der Waals surface area contributed by atoms with Gasteiger partial charge < -0.3 is 0 Å². The maximum absolute atomic E-state index is 13.7. The molecule has 0 aromatic heterocycles. The van der Waals surface area contributed by atoms with Gasteiger partial charge in [0.05, 0.1) is 11.9 Å². The number of nitriles is 1. The fourth-order valence-corrected chi connectivity index (χ4v) is 4.10. The van der Waals surface area contributed by atoms with Crippen LogP contribution in [0.25, 0.3) is 0 Å². The third-order valence-corrected chi connectivity index (χ3v) is 5.78. The van der Waals surface area contributed by atoms with Crippen molar-refractivity contribution in [1.29, 1.82) is 5.26 Å². The lowest BCUT2D eigenvalue weighted by atomic mass is 9.77. The van der Waals surface area contributed by atoms with Gasteiger partial charge in [-0.25, -0.2) is 8.78 Å². The quantitative estimate of drug-likeness (QED) is 0.403. The molecule has 0 N–H and O–H groups in total. The fraction of sp³-hybridized carbons (Fsp3) is 0.609. The second kappa shape index (κ2) is 11.8. The summed E-state index contributed by atoms with van der Waals surface area (Å²) >= 11 is 0. The second-order valence-corrected chi connectivity index (χ2v) is 7.70. The van der Waals surface area contributed by atoms with Crippen LogP contribution in [0.4, 0.5) is 8.78 Å². The van der Waals surface area contributed by atoms with Crippen molar-refractivity contribution in [2.24, 2.45) is 11.8 Å². The molecule has 0 radical (unpaired) electrons. The summed E-state index contributed by atoms with van der Waals surface area (Å²) in [6, 6.07) is 6.87. The summed E-state index contributed by atoms with van der Waals surface area (Å²) in [6.07, 6.45) is 16.6. The number of aryl methyl sites for hydroxylation is 1. The van der Waals surface area contributed by atoms with Crippen molar-refractivity contribution in [2.75, 3.05) is 0 Å². The number of hydrogen-bond acceptors (Lipinski definition) is 1. The molecule has 1 fully saturated rings. The minimum absolute atomic E-state index is 0.133. The summed E-state index contributed by atoms with van der Waals surface area (Å²) in [5, 5.41) is 8.79. The largest absolute Gasteiger partial charge is 0.216 e. The number of halogens is 2. The molecule has 1 aliphatic carbocycles. The van der Waals surface area contributed by atoms with E-state index in [4.69, 9.17) is 5.26 Å². The van der Waals surface area contributed by atoms with Crippen molar-refractivity contribution in [1.82, 2.24) is 0 Å². The maximum atomic E-state index is 13.7. The van der Waals surface area contributed by atoms with Crippen LogP contribution in [0.1, 0.15) is 81.8 Å². The maximum Gasteiger partial charge on any atom is 0.141 e. The van der Waals surface area contributed by atoms with E-state index in [1.54, 1.807) is 12.1 Å². The molecule has 1 aliphatic rings. The molecule has 2 rings (SSSR count). The zero-order valence-electron chi connectivity index (χ0n) is 15.7. The van der Waals surface area contributed by atoms with E-state index in [-0.39, 0.29) is 5.56 Å². The van der Waals surface area contributed by atoms with Crippen LogP contribution in [0, 0.1) is 29.0 Å². The first-order chi connectivity index (χ1) is 12.7. The van der Waals surface area contributed by atoms with Crippen LogP contribution < -0.4 is 0 Å². The molecule has 0 amide bonds. The molecule has 3 heteroatoms. The van der Waals surface area contributed by atoms with Crippen LogP contribution in [0.5, 0.6) is 0 Å². The predicted octanol–water partition coefficient (Wildman–Crippen LogP) is 7.26. The standard InChI is InChI=1S/C23H31F2N/c24-16-6-4-2-1-3-5-7-19-8-10-20(11-9-19)12-13-21-14-15-22(18-26)23(25)17-21/h6,14-17,19-20H,1-5,7-13H2/b16-6+. The first kappa shape index (κ1) is 20.6. The van der Waals surface area contributed by atoms with E-state index in [9.17, 15) is 8.78 Å². The van der Waals surface area contributed by atoms with Gasteiger partial charge in [0.2, 0.25) is 0 Å². The highest BCUT2D eigenvalue weighted by Crippen LogP contribution is 2.34. The van der Waals surface area contributed by atoms with Crippen LogP contribution in [0.3, 0.4) is 0 Å². The van der Waals surface area contributed by atoms with Crippen molar-refractivity contribution in [3.63, 3.8) is 0 Å². The number of unbranched alkanes of at least 4 members (excludes halogenated alkanes) is 4. The highest BCUT2D eigenvalue weighted by atomic mass is 19.1. The van der Waals surface area contributed by atoms with Crippen molar-refractivity contribution in [3.8, 4) is 6.07 Å². The molecule has 142 valence electrons. The Morgan fingerprint density at radius 2 is 1.69 bits per heavy atom. The Kier molecular flexibility index (Phi) is 9.39. The first-order valence-electron chi connectivity index (χ1n) is 10.2. The molecule has 0 heterocycles. The molecular weight excluding hydrogens is 328 g/mol. The van der Waals surface area contributed by atoms with Gasteiger partial charge in [0.25, 0.3) is 0 Å². The molecule has 1 saturated carbocycles. The average Bonchev–Trinajstić information content (AvgIpc) is 2.66. The lowest BCUT2D eigenvalue weighted by Gasteiger charge is -2.28. The number of rotatable bonds is 10. The van der Waals surface area contributed by atoms with Crippen molar-refractivity contribution < 1.29 is 8.78 Å². The van der Waals surface area contributed by atoms with Crippen LogP contribution in [0.15, 0.2) is 30.6 Å². The van der Waals surface area contributed by atoms with E-state index < -0.39 is 5.82 Å². The van der Waals surface area contributed by atoms with Crippen LogP contribution in [-0.4, -0.2) is 0 Å². The molecule has 1 aromatic rings. The van der Waals surface area contributed by atoms with Crippen molar-refractivity contribution >= 4 is 0 Å². The van der Waals surface area contributed by atoms with E-state index in [0.717, 1.165) is 43.1 Å². The first-order valence-corrected chi connectivity index (χ1v) is 10.2. The lowest BCUT2D eigenvalue weighted by Crippen LogP contribution is -2.15. The Morgan fingerprint density at radius 3 is 2.35 bits per heavy atom. The summed E-state index contributed by atoms with van der Waals surface area (Å²) in [4.78, 5) is 0. The molecule has 0 aliphatic heterocycles. The van der Waals surface area contributed by atoms with Crippen molar-refractivity contribution in [3.05, 3.63) is 47.5 Å². The van der Waals surface area contributed by atoms with Gasteiger partial charge in [0.1, 0.15) is 11.9 Å². The number of allylic oxidation sites excluding steroid dienone is 1. The summed E-state index contributed by atoms with van der Waals surface area (Å²) in [5.74, 6) is 1.25. The number of nitrogens with zero attached hydrogens (tertiary/aromatic N) is 1. The van der Waals surface area contributed by atoms with Gasteiger partial charge >= 0.3 is 0 Å². The van der Waals surface area contributed by atoms with E-state index in [1.165, 1.54) is 57.4 Å². The van der Waals surface area contributed by atoms with E-state index in [2.05, 4.69) is 0 Å². The third-order valence-electron chi connectivity index (χ3n) is 5.78. The smallest absolute Gasteiger partial charge is 0.141 e. The van der Waals surface area contributed by atoms with E-state index in [0.29, 0.717) is 6.33 Å². The highest BCUT2D eigenvalue weighted by Gasteiger charge is 2.20. The topological polar surface area (TPSA) is 23.8 Å². The van der Waals surface area contributed by atoms with E-state index in [1.807, 2.05) is 12.1 Å². The molecule has 1 nitrogen and oxygen atoms in total. The van der Waals surface area contributed by atoms with Crippen molar-refractivity contribution in [2.45, 2.75) is 77.0 Å². The molecule has 0 atom stereocenters. The van der Waals surface area contributed by atoms with Gasteiger partial charge in [0, 0.05) is 0 Å². The van der Waals surface area contributed by atoms with Gasteiger partial charge in [-0.2, -0.15) is 5.26 Å². The Hall–Kier alpha value is -1.69. The average molecular weight is 360 g/mol. The number of benzene rings is 1.